The quantitative estimate of drug-likeness (QED) is 0.413. The van der Waals surface area contributed by atoms with E-state index in [-0.39, 0.29) is 5.41 Å². The van der Waals surface area contributed by atoms with Crippen molar-refractivity contribution in [3.8, 4) is 0 Å². The fourth-order valence-corrected chi connectivity index (χ4v) is 3.31. The molecular weight excluding hydrogens is 322 g/mol. The van der Waals surface area contributed by atoms with Crippen molar-refractivity contribution in [2.45, 2.75) is 51.5 Å². The Morgan fingerprint density at radius 2 is 2.00 bits per heavy atom. The summed E-state index contributed by atoms with van der Waals surface area (Å²) in [6.07, 6.45) is 8.65. The summed E-state index contributed by atoms with van der Waals surface area (Å²) in [7, 11) is 0. The SMILES string of the molecule is CCNC(=NCC1(c2ccccc2)CC1)NCCCCn1ccnc1C. The summed E-state index contributed by atoms with van der Waals surface area (Å²) >= 11 is 0. The predicted molar refractivity (Wildman–Crippen MR) is 108 cm³/mol. The summed E-state index contributed by atoms with van der Waals surface area (Å²) in [6, 6.07) is 10.8. The molecule has 0 bridgehead atoms. The van der Waals surface area contributed by atoms with Crippen molar-refractivity contribution in [3.05, 3.63) is 54.1 Å². The summed E-state index contributed by atoms with van der Waals surface area (Å²) in [5.74, 6) is 2.03. The van der Waals surface area contributed by atoms with Crippen LogP contribution >= 0.6 is 0 Å². The van der Waals surface area contributed by atoms with Crippen LogP contribution in [0.3, 0.4) is 0 Å². The van der Waals surface area contributed by atoms with E-state index in [1.165, 1.54) is 18.4 Å². The maximum atomic E-state index is 4.86. The molecule has 1 fully saturated rings. The number of nitrogens with one attached hydrogen (secondary N) is 2. The molecule has 5 heteroatoms. The molecule has 5 nitrogen and oxygen atoms in total. The first-order valence-electron chi connectivity index (χ1n) is 9.79. The van der Waals surface area contributed by atoms with Gasteiger partial charge in [-0.15, -0.1) is 0 Å². The van der Waals surface area contributed by atoms with Gasteiger partial charge in [-0.25, -0.2) is 4.98 Å². The maximum Gasteiger partial charge on any atom is 0.191 e. The van der Waals surface area contributed by atoms with Gasteiger partial charge in [0.25, 0.3) is 0 Å². The molecule has 0 amide bonds. The number of nitrogens with zero attached hydrogens (tertiary/aromatic N) is 3. The molecule has 0 saturated heterocycles. The monoisotopic (exact) mass is 353 g/mol. The fourth-order valence-electron chi connectivity index (χ4n) is 3.31. The van der Waals surface area contributed by atoms with Crippen LogP contribution in [0.4, 0.5) is 0 Å². The van der Waals surface area contributed by atoms with Gasteiger partial charge in [-0.2, -0.15) is 0 Å². The van der Waals surface area contributed by atoms with Gasteiger partial charge < -0.3 is 15.2 Å². The molecule has 1 aliphatic carbocycles. The van der Waals surface area contributed by atoms with E-state index in [0.29, 0.717) is 0 Å². The Morgan fingerprint density at radius 3 is 2.65 bits per heavy atom. The van der Waals surface area contributed by atoms with Crippen molar-refractivity contribution in [1.82, 2.24) is 20.2 Å². The topological polar surface area (TPSA) is 54.2 Å². The molecule has 2 N–H and O–H groups in total. The summed E-state index contributed by atoms with van der Waals surface area (Å²) in [6.45, 7) is 7.88. The molecular formula is C21H31N5. The average Bonchev–Trinajstić information content (AvgIpc) is 3.36. The molecule has 3 rings (SSSR count). The number of aromatic nitrogens is 2. The smallest absolute Gasteiger partial charge is 0.191 e. The van der Waals surface area contributed by atoms with Gasteiger partial charge in [0.1, 0.15) is 5.82 Å². The minimum absolute atomic E-state index is 0.266. The number of aryl methyl sites for hydroxylation is 2. The first-order valence-corrected chi connectivity index (χ1v) is 9.79. The molecule has 0 aliphatic heterocycles. The molecule has 0 radical (unpaired) electrons. The van der Waals surface area contributed by atoms with Crippen LogP contribution in [0.2, 0.25) is 0 Å². The minimum atomic E-state index is 0.266. The maximum absolute atomic E-state index is 4.86. The third-order valence-corrected chi connectivity index (χ3v) is 5.17. The number of guanidine groups is 1. The van der Waals surface area contributed by atoms with Crippen LogP contribution in [0.15, 0.2) is 47.7 Å². The molecule has 140 valence electrons. The van der Waals surface area contributed by atoms with Crippen molar-refractivity contribution >= 4 is 5.96 Å². The Labute approximate surface area is 156 Å². The van der Waals surface area contributed by atoms with E-state index < -0.39 is 0 Å². The number of unbranched alkanes of at least 4 members (excludes halogenated alkanes) is 1. The molecule has 1 heterocycles. The number of rotatable bonds is 9. The first-order chi connectivity index (χ1) is 12.7. The van der Waals surface area contributed by atoms with E-state index in [0.717, 1.165) is 50.8 Å². The van der Waals surface area contributed by atoms with Crippen molar-refractivity contribution < 1.29 is 0 Å². The second-order valence-electron chi connectivity index (χ2n) is 7.14. The Morgan fingerprint density at radius 1 is 1.19 bits per heavy atom. The van der Waals surface area contributed by atoms with Crippen LogP contribution in [-0.2, 0) is 12.0 Å². The Bertz CT molecular complexity index is 700. The van der Waals surface area contributed by atoms with E-state index in [9.17, 15) is 0 Å². The molecule has 1 aromatic carbocycles. The van der Waals surface area contributed by atoms with Crippen molar-refractivity contribution in [2.24, 2.45) is 4.99 Å². The highest BCUT2D eigenvalue weighted by Crippen LogP contribution is 2.48. The van der Waals surface area contributed by atoms with E-state index in [1.807, 2.05) is 12.4 Å². The second kappa shape index (κ2) is 8.88. The Balaban J connectivity index is 1.45. The number of benzene rings is 1. The lowest BCUT2D eigenvalue weighted by Gasteiger charge is -2.16. The van der Waals surface area contributed by atoms with Crippen LogP contribution in [-0.4, -0.2) is 35.1 Å². The van der Waals surface area contributed by atoms with Crippen LogP contribution < -0.4 is 10.6 Å². The van der Waals surface area contributed by atoms with Crippen molar-refractivity contribution in [1.29, 1.82) is 0 Å². The minimum Gasteiger partial charge on any atom is -0.357 e. The van der Waals surface area contributed by atoms with Crippen LogP contribution in [0.5, 0.6) is 0 Å². The Kier molecular flexibility index (Phi) is 6.31. The molecule has 2 aromatic rings. The number of imidazole rings is 1. The third-order valence-electron chi connectivity index (χ3n) is 5.17. The van der Waals surface area contributed by atoms with Crippen molar-refractivity contribution in [2.75, 3.05) is 19.6 Å². The lowest BCUT2D eigenvalue weighted by atomic mass is 9.96. The van der Waals surface area contributed by atoms with Gasteiger partial charge in [0.2, 0.25) is 0 Å². The number of hydrogen-bond donors (Lipinski definition) is 2. The van der Waals surface area contributed by atoms with Gasteiger partial charge in [0.05, 0.1) is 6.54 Å². The molecule has 0 unspecified atom stereocenters. The lowest BCUT2D eigenvalue weighted by molar-refractivity contribution is 0.587. The highest BCUT2D eigenvalue weighted by molar-refractivity contribution is 5.79. The largest absolute Gasteiger partial charge is 0.357 e. The van der Waals surface area contributed by atoms with E-state index >= 15 is 0 Å². The van der Waals surface area contributed by atoms with Gasteiger partial charge in [0.15, 0.2) is 5.96 Å². The zero-order chi connectivity index (χ0) is 18.2. The molecule has 0 atom stereocenters. The lowest BCUT2D eigenvalue weighted by Crippen LogP contribution is -2.38. The predicted octanol–water partition coefficient (Wildman–Crippen LogP) is 3.26. The van der Waals surface area contributed by atoms with Crippen LogP contribution in [0.1, 0.15) is 44.0 Å². The fraction of sp³-hybridized carbons (Fsp3) is 0.524. The second-order valence-corrected chi connectivity index (χ2v) is 7.14. The molecule has 1 aliphatic rings. The molecule has 0 spiro atoms. The summed E-state index contributed by atoms with van der Waals surface area (Å²) in [5, 5.41) is 6.85. The normalized spacial score (nSPS) is 15.7. The van der Waals surface area contributed by atoms with Gasteiger partial charge in [-0.05, 0) is 45.1 Å². The standard InChI is InChI=1S/C21H31N5/c1-3-22-20(24-13-7-8-15-26-16-14-23-18(26)2)25-17-21(11-12-21)19-9-5-4-6-10-19/h4-6,9-10,14,16H,3,7-8,11-13,15,17H2,1-2H3,(H2,22,24,25). The van der Waals surface area contributed by atoms with Gasteiger partial charge in [0, 0.05) is 37.4 Å². The number of hydrogen-bond acceptors (Lipinski definition) is 2. The third kappa shape index (κ3) is 4.87. The Hall–Kier alpha value is -2.30. The average molecular weight is 354 g/mol. The summed E-state index contributed by atoms with van der Waals surface area (Å²) < 4.78 is 2.20. The van der Waals surface area contributed by atoms with E-state index in [2.05, 4.69) is 64.4 Å². The molecule has 1 aromatic heterocycles. The van der Waals surface area contributed by atoms with Gasteiger partial charge in [-0.1, -0.05) is 30.3 Å². The van der Waals surface area contributed by atoms with E-state index in [1.54, 1.807) is 0 Å². The first kappa shape index (κ1) is 18.5. The van der Waals surface area contributed by atoms with Gasteiger partial charge >= 0.3 is 0 Å². The summed E-state index contributed by atoms with van der Waals surface area (Å²) in [4.78, 5) is 9.13. The molecule has 1 saturated carbocycles. The molecule has 26 heavy (non-hydrogen) atoms. The zero-order valence-corrected chi connectivity index (χ0v) is 16.0. The van der Waals surface area contributed by atoms with E-state index in [4.69, 9.17) is 4.99 Å². The van der Waals surface area contributed by atoms with Gasteiger partial charge in [-0.3, -0.25) is 4.99 Å². The van der Waals surface area contributed by atoms with Crippen molar-refractivity contribution in [3.63, 3.8) is 0 Å². The van der Waals surface area contributed by atoms with Crippen LogP contribution in [0.25, 0.3) is 0 Å². The number of aliphatic imine (C=N–C) groups is 1. The van der Waals surface area contributed by atoms with Crippen LogP contribution in [0, 0.1) is 6.92 Å². The summed E-state index contributed by atoms with van der Waals surface area (Å²) in [5.41, 5.74) is 1.69. The highest BCUT2D eigenvalue weighted by atomic mass is 15.2. The highest BCUT2D eigenvalue weighted by Gasteiger charge is 2.43. The zero-order valence-electron chi connectivity index (χ0n) is 16.0.